The molecule has 1 unspecified atom stereocenters. The minimum absolute atomic E-state index is 0.0219. The van der Waals surface area contributed by atoms with Crippen molar-refractivity contribution >= 4 is 29.0 Å². The number of pyridine rings is 1. The molecular weight excluding hydrogens is 278 g/mol. The first kappa shape index (κ1) is 14.0. The maximum absolute atomic E-state index is 11.8. The quantitative estimate of drug-likeness (QED) is 0.807. The topological polar surface area (TPSA) is 91.3 Å². The molecule has 0 aliphatic heterocycles. The summed E-state index contributed by atoms with van der Waals surface area (Å²) in [6.07, 6.45) is 2.61. The van der Waals surface area contributed by atoms with Gasteiger partial charge in [-0.1, -0.05) is 0 Å². The van der Waals surface area contributed by atoms with Crippen molar-refractivity contribution in [3.8, 4) is 0 Å². The highest BCUT2D eigenvalue weighted by atomic mass is 32.1. The third-order valence-corrected chi connectivity index (χ3v) is 3.34. The second-order valence-corrected chi connectivity index (χ2v) is 4.92. The van der Waals surface area contributed by atoms with Gasteiger partial charge in [-0.3, -0.25) is 4.98 Å². The summed E-state index contributed by atoms with van der Waals surface area (Å²) in [4.78, 5) is 26.4. The summed E-state index contributed by atoms with van der Waals surface area (Å²) in [5, 5.41) is 18.1. The molecule has 104 valence electrons. The number of carbonyl (C=O) groups is 2. The number of thiophene rings is 1. The molecule has 2 aromatic rings. The summed E-state index contributed by atoms with van der Waals surface area (Å²) in [7, 11) is 0. The number of aromatic carboxylic acids is 1. The molecule has 0 bridgehead atoms. The van der Waals surface area contributed by atoms with E-state index in [0.717, 1.165) is 5.56 Å². The van der Waals surface area contributed by atoms with Crippen LogP contribution in [0.1, 0.15) is 28.9 Å². The van der Waals surface area contributed by atoms with E-state index >= 15 is 0 Å². The molecule has 0 spiro atoms. The Labute approximate surface area is 119 Å². The molecular formula is C13H13N3O3S. The Balaban J connectivity index is 1.98. The monoisotopic (exact) mass is 291 g/mol. The summed E-state index contributed by atoms with van der Waals surface area (Å²) < 4.78 is 0. The Morgan fingerprint density at radius 1 is 1.40 bits per heavy atom. The molecule has 0 aliphatic carbocycles. The molecule has 3 N–H and O–H groups in total. The zero-order chi connectivity index (χ0) is 14.5. The first-order valence-corrected chi connectivity index (χ1v) is 6.78. The van der Waals surface area contributed by atoms with Crippen LogP contribution in [0.15, 0.2) is 35.3 Å². The van der Waals surface area contributed by atoms with Crippen LogP contribution in [0.3, 0.4) is 0 Å². The lowest BCUT2D eigenvalue weighted by Crippen LogP contribution is -2.31. The Hall–Kier alpha value is -2.41. The van der Waals surface area contributed by atoms with Crippen LogP contribution in [0.4, 0.5) is 10.5 Å². The number of urea groups is 1. The summed E-state index contributed by atoms with van der Waals surface area (Å²) in [6.45, 7) is 1.87. The molecule has 0 aliphatic rings. The van der Waals surface area contributed by atoms with Gasteiger partial charge in [0, 0.05) is 6.20 Å². The maximum atomic E-state index is 11.8. The van der Waals surface area contributed by atoms with E-state index in [9.17, 15) is 9.59 Å². The predicted molar refractivity (Wildman–Crippen MR) is 76.1 cm³/mol. The molecule has 0 radical (unpaired) electrons. The van der Waals surface area contributed by atoms with Crippen LogP contribution < -0.4 is 10.6 Å². The number of hydrogen-bond acceptors (Lipinski definition) is 4. The van der Waals surface area contributed by atoms with E-state index < -0.39 is 12.0 Å². The fraction of sp³-hybridized carbons (Fsp3) is 0.154. The minimum atomic E-state index is -1.09. The fourth-order valence-electron chi connectivity index (χ4n) is 1.59. The lowest BCUT2D eigenvalue weighted by Gasteiger charge is -2.13. The normalized spacial score (nSPS) is 11.7. The van der Waals surface area contributed by atoms with E-state index in [2.05, 4.69) is 15.6 Å². The van der Waals surface area contributed by atoms with Gasteiger partial charge in [0.2, 0.25) is 0 Å². The number of carboxylic acids is 1. The smallest absolute Gasteiger partial charge is 0.337 e. The van der Waals surface area contributed by atoms with E-state index in [1.165, 1.54) is 18.5 Å². The SMILES string of the molecule is CC(NC(=O)Nc1cncc(C(=O)O)c1)c1ccsc1. The molecule has 1 atom stereocenters. The van der Waals surface area contributed by atoms with Crippen LogP contribution in [0.5, 0.6) is 0 Å². The molecule has 2 aromatic heterocycles. The van der Waals surface area contributed by atoms with E-state index in [1.807, 2.05) is 23.8 Å². The number of carbonyl (C=O) groups excluding carboxylic acids is 1. The number of amides is 2. The van der Waals surface area contributed by atoms with Gasteiger partial charge in [-0.05, 0) is 35.4 Å². The number of nitrogens with one attached hydrogen (secondary N) is 2. The van der Waals surface area contributed by atoms with Gasteiger partial charge in [0.05, 0.1) is 23.5 Å². The second kappa shape index (κ2) is 6.16. The fourth-order valence-corrected chi connectivity index (χ4v) is 2.35. The molecule has 20 heavy (non-hydrogen) atoms. The van der Waals surface area contributed by atoms with Crippen molar-refractivity contribution in [2.24, 2.45) is 0 Å². The van der Waals surface area contributed by atoms with Gasteiger partial charge in [0.25, 0.3) is 0 Å². The van der Waals surface area contributed by atoms with Crippen molar-refractivity contribution in [2.75, 3.05) is 5.32 Å². The highest BCUT2D eigenvalue weighted by Gasteiger charge is 2.11. The van der Waals surface area contributed by atoms with E-state index in [4.69, 9.17) is 5.11 Å². The van der Waals surface area contributed by atoms with Crippen LogP contribution in [-0.4, -0.2) is 22.1 Å². The molecule has 0 fully saturated rings. The molecule has 2 amide bonds. The molecule has 7 heteroatoms. The number of aromatic nitrogens is 1. The molecule has 0 saturated heterocycles. The highest BCUT2D eigenvalue weighted by molar-refractivity contribution is 7.07. The molecule has 0 saturated carbocycles. The van der Waals surface area contributed by atoms with Gasteiger partial charge in [-0.25, -0.2) is 9.59 Å². The Morgan fingerprint density at radius 2 is 2.20 bits per heavy atom. The standard InChI is InChI=1S/C13H13N3O3S/c1-8(9-2-3-20-7-9)15-13(19)16-11-4-10(12(17)18)5-14-6-11/h2-8H,1H3,(H,17,18)(H2,15,16,19). The van der Waals surface area contributed by atoms with Crippen LogP contribution in [0.2, 0.25) is 0 Å². The first-order valence-electron chi connectivity index (χ1n) is 5.84. The van der Waals surface area contributed by atoms with Crippen molar-refractivity contribution in [1.82, 2.24) is 10.3 Å². The van der Waals surface area contributed by atoms with Crippen molar-refractivity contribution in [3.63, 3.8) is 0 Å². The summed E-state index contributed by atoms with van der Waals surface area (Å²) in [5.74, 6) is -1.09. The third kappa shape index (κ3) is 3.55. The zero-order valence-corrected chi connectivity index (χ0v) is 11.5. The number of hydrogen-bond donors (Lipinski definition) is 3. The molecule has 6 nitrogen and oxygen atoms in total. The van der Waals surface area contributed by atoms with Crippen LogP contribution in [-0.2, 0) is 0 Å². The average molecular weight is 291 g/mol. The van der Waals surface area contributed by atoms with Crippen molar-refractivity contribution in [2.45, 2.75) is 13.0 Å². The second-order valence-electron chi connectivity index (χ2n) is 4.14. The van der Waals surface area contributed by atoms with Gasteiger partial charge in [-0.2, -0.15) is 11.3 Å². The molecule has 0 aromatic carbocycles. The highest BCUT2D eigenvalue weighted by Crippen LogP contribution is 2.16. The number of carboxylic acid groups (broad SMARTS) is 1. The molecule has 2 heterocycles. The van der Waals surface area contributed by atoms with Gasteiger partial charge in [-0.15, -0.1) is 0 Å². The average Bonchev–Trinajstić information content (AvgIpc) is 2.92. The van der Waals surface area contributed by atoms with Crippen LogP contribution in [0, 0.1) is 0 Å². The van der Waals surface area contributed by atoms with Gasteiger partial charge >= 0.3 is 12.0 Å². The summed E-state index contributed by atoms with van der Waals surface area (Å²) >= 11 is 1.56. The van der Waals surface area contributed by atoms with E-state index in [-0.39, 0.29) is 11.6 Å². The first-order chi connectivity index (χ1) is 9.56. The van der Waals surface area contributed by atoms with Crippen molar-refractivity contribution in [1.29, 1.82) is 0 Å². The number of nitrogens with zero attached hydrogens (tertiary/aromatic N) is 1. The van der Waals surface area contributed by atoms with E-state index in [1.54, 1.807) is 11.3 Å². The third-order valence-electron chi connectivity index (χ3n) is 2.63. The van der Waals surface area contributed by atoms with Crippen molar-refractivity contribution < 1.29 is 14.7 Å². The molecule has 2 rings (SSSR count). The van der Waals surface area contributed by atoms with Crippen LogP contribution >= 0.6 is 11.3 Å². The number of rotatable bonds is 4. The summed E-state index contributed by atoms with van der Waals surface area (Å²) in [6, 6.07) is 2.75. The van der Waals surface area contributed by atoms with Crippen LogP contribution in [0.25, 0.3) is 0 Å². The predicted octanol–water partition coefficient (Wildman–Crippen LogP) is 2.72. The number of anilines is 1. The summed E-state index contributed by atoms with van der Waals surface area (Å²) in [5.41, 5.74) is 1.37. The Kier molecular flexibility index (Phi) is 4.31. The zero-order valence-electron chi connectivity index (χ0n) is 10.7. The lowest BCUT2D eigenvalue weighted by atomic mass is 10.2. The Morgan fingerprint density at radius 3 is 2.85 bits per heavy atom. The lowest BCUT2D eigenvalue weighted by molar-refractivity contribution is 0.0696. The maximum Gasteiger partial charge on any atom is 0.337 e. The van der Waals surface area contributed by atoms with Gasteiger partial charge < -0.3 is 15.7 Å². The largest absolute Gasteiger partial charge is 0.478 e. The van der Waals surface area contributed by atoms with E-state index in [0.29, 0.717) is 5.69 Å². The van der Waals surface area contributed by atoms with Gasteiger partial charge in [0.1, 0.15) is 0 Å². The Bertz CT molecular complexity index is 613. The van der Waals surface area contributed by atoms with Gasteiger partial charge in [0.15, 0.2) is 0 Å². The van der Waals surface area contributed by atoms with Crippen molar-refractivity contribution in [3.05, 3.63) is 46.4 Å². The minimum Gasteiger partial charge on any atom is -0.478 e.